The van der Waals surface area contributed by atoms with Crippen molar-refractivity contribution < 1.29 is 26.3 Å². The highest BCUT2D eigenvalue weighted by atomic mass is 19.4. The van der Waals surface area contributed by atoms with E-state index in [9.17, 15) is 31.1 Å². The van der Waals surface area contributed by atoms with Crippen LogP contribution in [0.25, 0.3) is 11.2 Å². The largest absolute Gasteiger partial charge is 0.418 e. The van der Waals surface area contributed by atoms with Crippen molar-refractivity contribution >= 4 is 11.2 Å². The molecule has 5 rings (SSSR count). The Morgan fingerprint density at radius 2 is 1.77 bits per heavy atom. The predicted molar refractivity (Wildman–Crippen MR) is 139 cm³/mol. The van der Waals surface area contributed by atoms with E-state index in [1.54, 1.807) is 12.1 Å². The summed E-state index contributed by atoms with van der Waals surface area (Å²) in [6.45, 7) is 1.38. The lowest BCUT2D eigenvalue weighted by atomic mass is 9.84. The van der Waals surface area contributed by atoms with Crippen LogP contribution >= 0.6 is 0 Å². The van der Waals surface area contributed by atoms with Crippen molar-refractivity contribution in [1.82, 2.24) is 19.5 Å². The normalized spacial score (nSPS) is 14.3. The van der Waals surface area contributed by atoms with Gasteiger partial charge in [0.05, 0.1) is 29.9 Å². The van der Waals surface area contributed by atoms with E-state index in [0.717, 1.165) is 48.3 Å². The van der Waals surface area contributed by atoms with Gasteiger partial charge in [-0.2, -0.15) is 13.2 Å². The van der Waals surface area contributed by atoms with Crippen LogP contribution in [-0.2, 0) is 19.1 Å². The van der Waals surface area contributed by atoms with Gasteiger partial charge in [-0.1, -0.05) is 31.4 Å². The van der Waals surface area contributed by atoms with Crippen LogP contribution in [0.15, 0.2) is 59.7 Å². The summed E-state index contributed by atoms with van der Waals surface area (Å²) in [7, 11) is 0. The Morgan fingerprint density at radius 3 is 2.40 bits per heavy atom. The van der Waals surface area contributed by atoms with Crippen LogP contribution in [0.1, 0.15) is 66.1 Å². The zero-order valence-corrected chi connectivity index (χ0v) is 21.8. The molecule has 212 valence electrons. The fourth-order valence-corrected chi connectivity index (χ4v) is 4.87. The molecule has 1 aliphatic carbocycles. The molecule has 0 bridgehead atoms. The molecule has 1 aromatic carbocycles. The lowest BCUT2D eigenvalue weighted by Gasteiger charge is -2.23. The molecule has 1 aliphatic rings. The topological polar surface area (TPSA) is 60.7 Å². The lowest BCUT2D eigenvalue weighted by Crippen LogP contribution is -2.29. The van der Waals surface area contributed by atoms with E-state index in [2.05, 4.69) is 15.0 Å². The first-order chi connectivity index (χ1) is 19.0. The van der Waals surface area contributed by atoms with E-state index < -0.39 is 36.7 Å². The van der Waals surface area contributed by atoms with E-state index in [-0.39, 0.29) is 34.3 Å². The minimum atomic E-state index is -4.66. The number of hydrogen-bond acceptors (Lipinski definition) is 4. The van der Waals surface area contributed by atoms with Crippen LogP contribution in [0.5, 0.6) is 0 Å². The maximum Gasteiger partial charge on any atom is 0.418 e. The molecule has 4 aromatic rings. The molecule has 3 heterocycles. The zero-order chi connectivity index (χ0) is 28.9. The van der Waals surface area contributed by atoms with E-state index >= 15 is 0 Å². The highest BCUT2D eigenvalue weighted by Crippen LogP contribution is 2.33. The molecule has 1 saturated carbocycles. The number of pyridine rings is 2. The Kier molecular flexibility index (Phi) is 9.21. The highest BCUT2D eigenvalue weighted by molar-refractivity contribution is 5.71. The third-order valence-corrected chi connectivity index (χ3v) is 6.76. The number of alkyl halides is 5. The summed E-state index contributed by atoms with van der Waals surface area (Å²) in [6.07, 6.45) is -0.973. The maximum atomic E-state index is 13.5. The number of aromatic nitrogens is 4. The van der Waals surface area contributed by atoms with Gasteiger partial charge < -0.3 is 0 Å². The molecule has 0 atom stereocenters. The van der Waals surface area contributed by atoms with Crippen LogP contribution < -0.4 is 5.56 Å². The number of aryl methyl sites for hydroxylation is 1. The van der Waals surface area contributed by atoms with E-state index in [0.29, 0.717) is 5.56 Å². The smallest absolute Gasteiger partial charge is 0.285 e. The molecular formula is C29H28F6N4O. The van der Waals surface area contributed by atoms with Crippen molar-refractivity contribution in [1.29, 1.82) is 0 Å². The summed E-state index contributed by atoms with van der Waals surface area (Å²) in [5.41, 5.74) is -0.123. The van der Waals surface area contributed by atoms with Gasteiger partial charge in [-0.25, -0.2) is 18.2 Å². The summed E-state index contributed by atoms with van der Waals surface area (Å²) in [6, 6.07) is 10.2. The van der Waals surface area contributed by atoms with Crippen molar-refractivity contribution in [2.45, 2.75) is 70.5 Å². The molecule has 11 heteroatoms. The summed E-state index contributed by atoms with van der Waals surface area (Å²) < 4.78 is 79.5. The monoisotopic (exact) mass is 562 g/mol. The molecule has 40 heavy (non-hydrogen) atoms. The number of hydrogen-bond donors (Lipinski definition) is 0. The van der Waals surface area contributed by atoms with E-state index in [1.807, 2.05) is 13.0 Å². The summed E-state index contributed by atoms with van der Waals surface area (Å²) >= 11 is 0. The van der Waals surface area contributed by atoms with Gasteiger partial charge in [-0.05, 0) is 61.6 Å². The van der Waals surface area contributed by atoms with Crippen molar-refractivity contribution in [2.24, 2.45) is 0 Å². The average Bonchev–Trinajstić information content (AvgIpc) is 2.90. The van der Waals surface area contributed by atoms with Gasteiger partial charge in [0.2, 0.25) is 6.43 Å². The fourth-order valence-electron chi connectivity index (χ4n) is 4.87. The number of fused-ring (bicyclic) bond motifs is 1. The molecule has 0 saturated heterocycles. The molecular weight excluding hydrogens is 534 g/mol. The molecule has 0 unspecified atom stereocenters. The minimum absolute atomic E-state index is 0.0218. The van der Waals surface area contributed by atoms with Gasteiger partial charge in [0, 0.05) is 18.0 Å². The molecule has 3 aromatic heterocycles. The number of benzene rings is 1. The zero-order valence-electron chi connectivity index (χ0n) is 21.8. The third kappa shape index (κ3) is 7.25. The first-order valence-electron chi connectivity index (χ1n) is 12.9. The Morgan fingerprint density at radius 1 is 1.02 bits per heavy atom. The molecule has 0 radical (unpaired) electrons. The van der Waals surface area contributed by atoms with Crippen molar-refractivity contribution in [3.05, 3.63) is 99.1 Å². The summed E-state index contributed by atoms with van der Waals surface area (Å²) in [4.78, 5) is 25.6. The van der Waals surface area contributed by atoms with Gasteiger partial charge in [0.15, 0.2) is 5.65 Å². The minimum Gasteiger partial charge on any atom is -0.285 e. The van der Waals surface area contributed by atoms with Crippen LogP contribution in [0.2, 0.25) is 0 Å². The number of halogens is 6. The van der Waals surface area contributed by atoms with Gasteiger partial charge in [0.1, 0.15) is 11.3 Å². The van der Waals surface area contributed by atoms with Crippen LogP contribution in [-0.4, -0.2) is 25.9 Å². The molecule has 5 nitrogen and oxygen atoms in total. The summed E-state index contributed by atoms with van der Waals surface area (Å²) in [5, 5.41) is 0. The highest BCUT2D eigenvalue weighted by Gasteiger charge is 2.34. The standard InChI is InChI=1S/C22H21F5N4O.C7H7F/c23-19(24)9-14-11-29-17-10-15(13-5-2-1-3-6-13)21(32)31(20(17)30-14)12-18-16(22(25,26)27)7-4-8-28-18;1-6-3-2-4-7(8)5-6/h4,7-8,10-11,13,19H,1-3,5-6,9,12H2;2-5H,1H3. The van der Waals surface area contributed by atoms with Crippen LogP contribution in [0.3, 0.4) is 0 Å². The first kappa shape index (κ1) is 29.2. The second-order valence-electron chi connectivity index (χ2n) is 9.79. The Hall–Kier alpha value is -3.76. The Balaban J connectivity index is 0.000000398. The second kappa shape index (κ2) is 12.6. The van der Waals surface area contributed by atoms with Gasteiger partial charge in [-0.15, -0.1) is 0 Å². The fraction of sp³-hybridized carbons (Fsp3) is 0.379. The predicted octanol–water partition coefficient (Wildman–Crippen LogP) is 7.24. The van der Waals surface area contributed by atoms with E-state index in [4.69, 9.17) is 0 Å². The van der Waals surface area contributed by atoms with Gasteiger partial charge in [0.25, 0.3) is 5.56 Å². The SMILES string of the molecule is Cc1cccc(F)c1.O=c1c(C2CCCCC2)cc2ncc(CC(F)F)nc2n1Cc1ncccc1C(F)(F)F. The second-order valence-corrected chi connectivity index (χ2v) is 9.79. The molecule has 1 fully saturated rings. The van der Waals surface area contributed by atoms with Crippen molar-refractivity contribution in [3.63, 3.8) is 0 Å². The van der Waals surface area contributed by atoms with Crippen LogP contribution in [0.4, 0.5) is 26.3 Å². The summed E-state index contributed by atoms with van der Waals surface area (Å²) in [5.74, 6) is -0.190. The first-order valence-corrected chi connectivity index (χ1v) is 12.9. The number of rotatable bonds is 5. The Bertz CT molecular complexity index is 1500. The molecule has 0 spiro atoms. The molecule has 0 N–H and O–H groups in total. The maximum absolute atomic E-state index is 13.5. The molecule has 0 aliphatic heterocycles. The van der Waals surface area contributed by atoms with Gasteiger partial charge in [-0.3, -0.25) is 19.3 Å². The van der Waals surface area contributed by atoms with E-state index in [1.165, 1.54) is 30.6 Å². The van der Waals surface area contributed by atoms with Crippen LogP contribution in [0, 0.1) is 12.7 Å². The quantitative estimate of drug-likeness (QED) is 0.241. The third-order valence-electron chi connectivity index (χ3n) is 6.76. The molecule has 0 amide bonds. The Labute approximate surface area is 226 Å². The van der Waals surface area contributed by atoms with Gasteiger partial charge >= 0.3 is 6.18 Å². The number of nitrogens with zero attached hydrogens (tertiary/aromatic N) is 4. The van der Waals surface area contributed by atoms with Crippen molar-refractivity contribution in [3.8, 4) is 0 Å². The average molecular weight is 563 g/mol. The lowest BCUT2D eigenvalue weighted by molar-refractivity contribution is -0.138. The van der Waals surface area contributed by atoms with Crippen molar-refractivity contribution in [2.75, 3.05) is 0 Å².